The highest BCUT2D eigenvalue weighted by Gasteiger charge is 2.30. The molecule has 0 atom stereocenters. The minimum absolute atomic E-state index is 0.0610. The van der Waals surface area contributed by atoms with Gasteiger partial charge in [-0.25, -0.2) is 4.98 Å². The lowest BCUT2D eigenvalue weighted by Gasteiger charge is -2.30. The van der Waals surface area contributed by atoms with Crippen LogP contribution < -0.4 is 0 Å². The first kappa shape index (κ1) is 15.1. The van der Waals surface area contributed by atoms with E-state index < -0.39 is 0 Å². The minimum atomic E-state index is 0.0610. The summed E-state index contributed by atoms with van der Waals surface area (Å²) in [5, 5.41) is 8.48. The van der Waals surface area contributed by atoms with Gasteiger partial charge in [0, 0.05) is 30.6 Å². The predicted molar refractivity (Wildman–Crippen MR) is 98.1 cm³/mol. The van der Waals surface area contributed by atoms with E-state index >= 15 is 0 Å². The van der Waals surface area contributed by atoms with Crippen LogP contribution in [0.3, 0.4) is 0 Å². The number of fused-ring (bicyclic) bond motifs is 1. The van der Waals surface area contributed by atoms with Crippen LogP contribution in [0.5, 0.6) is 0 Å². The molecule has 1 aromatic carbocycles. The molecule has 1 amide bonds. The largest absolute Gasteiger partial charge is 0.337 e. The molecule has 0 radical (unpaired) electrons. The predicted octanol–water partition coefficient (Wildman–Crippen LogP) is 3.92. The maximum Gasteiger partial charge on any atom is 0.274 e. The second-order valence-corrected chi connectivity index (χ2v) is 8.13. The summed E-state index contributed by atoms with van der Waals surface area (Å²) in [5.74, 6) is 1.12. The van der Waals surface area contributed by atoms with E-state index in [2.05, 4.69) is 28.4 Å². The molecule has 5 nitrogen and oxygen atoms in total. The highest BCUT2D eigenvalue weighted by Crippen LogP contribution is 2.39. The first-order valence-corrected chi connectivity index (χ1v) is 9.79. The zero-order chi connectivity index (χ0) is 16.8. The Hall–Kier alpha value is -2.21. The molecule has 3 heterocycles. The number of para-hydroxylation sites is 1. The van der Waals surface area contributed by atoms with E-state index in [1.165, 1.54) is 22.5 Å². The van der Waals surface area contributed by atoms with Crippen LogP contribution in [0.2, 0.25) is 0 Å². The summed E-state index contributed by atoms with van der Waals surface area (Å²) in [7, 11) is 0. The van der Waals surface area contributed by atoms with Crippen LogP contribution in [0.15, 0.2) is 30.3 Å². The van der Waals surface area contributed by atoms with E-state index in [0.29, 0.717) is 17.5 Å². The number of nitrogens with zero attached hydrogens (tertiary/aromatic N) is 3. The number of carbonyl (C=O) groups is 1. The Morgan fingerprint density at radius 2 is 1.92 bits per heavy atom. The van der Waals surface area contributed by atoms with E-state index in [0.717, 1.165) is 37.1 Å². The van der Waals surface area contributed by atoms with Crippen molar-refractivity contribution in [2.75, 3.05) is 13.1 Å². The van der Waals surface area contributed by atoms with Crippen molar-refractivity contribution in [2.24, 2.45) is 0 Å². The molecule has 1 aliphatic heterocycles. The fourth-order valence-electron chi connectivity index (χ4n) is 3.61. The topological polar surface area (TPSA) is 61.9 Å². The van der Waals surface area contributed by atoms with Crippen molar-refractivity contribution < 1.29 is 4.79 Å². The summed E-state index contributed by atoms with van der Waals surface area (Å²) >= 11 is 1.79. The lowest BCUT2D eigenvalue weighted by Crippen LogP contribution is -2.38. The molecule has 25 heavy (non-hydrogen) atoms. The fourth-order valence-corrected chi connectivity index (χ4v) is 4.74. The van der Waals surface area contributed by atoms with Gasteiger partial charge in [-0.1, -0.05) is 12.1 Å². The Kier molecular flexibility index (Phi) is 3.59. The number of benzene rings is 1. The number of amides is 1. The maximum atomic E-state index is 12.7. The average Bonchev–Trinajstić information content (AvgIpc) is 3.22. The molecular weight excluding hydrogens is 332 g/mol. The van der Waals surface area contributed by atoms with Crippen LogP contribution in [-0.4, -0.2) is 39.1 Å². The molecule has 2 aliphatic rings. The molecule has 1 aliphatic carbocycles. The third kappa shape index (κ3) is 2.84. The molecule has 6 heteroatoms. The number of hydrogen-bond donors (Lipinski definition) is 1. The molecule has 1 saturated carbocycles. The zero-order valence-corrected chi connectivity index (χ0v) is 14.8. The van der Waals surface area contributed by atoms with Crippen LogP contribution in [-0.2, 0) is 0 Å². The average molecular weight is 352 g/mol. The van der Waals surface area contributed by atoms with Crippen LogP contribution in [0.25, 0.3) is 10.2 Å². The summed E-state index contributed by atoms with van der Waals surface area (Å²) in [6, 6.07) is 10.2. The van der Waals surface area contributed by atoms with Gasteiger partial charge in [0.15, 0.2) is 0 Å². The van der Waals surface area contributed by atoms with E-state index in [1.54, 1.807) is 11.3 Å². The molecule has 2 aromatic heterocycles. The first-order valence-electron chi connectivity index (χ1n) is 8.98. The SMILES string of the molecule is O=C(c1cc(C2CC2)[nH]n1)N1CCC(c2nc3ccccc3s2)CC1. The van der Waals surface area contributed by atoms with Crippen molar-refractivity contribution in [1.82, 2.24) is 20.1 Å². The van der Waals surface area contributed by atoms with Gasteiger partial charge >= 0.3 is 0 Å². The maximum absolute atomic E-state index is 12.7. The smallest absolute Gasteiger partial charge is 0.274 e. The highest BCUT2D eigenvalue weighted by molar-refractivity contribution is 7.18. The van der Waals surface area contributed by atoms with Crippen molar-refractivity contribution in [3.8, 4) is 0 Å². The lowest BCUT2D eigenvalue weighted by atomic mass is 9.97. The molecule has 0 unspecified atom stereocenters. The molecule has 1 N–H and O–H groups in total. The Labute approximate surface area is 150 Å². The Bertz CT molecular complexity index is 885. The summed E-state index contributed by atoms with van der Waals surface area (Å²) in [4.78, 5) is 19.4. The number of likely N-dealkylation sites (tertiary alicyclic amines) is 1. The van der Waals surface area contributed by atoms with E-state index in [9.17, 15) is 4.79 Å². The molecular formula is C19H20N4OS. The molecule has 2 fully saturated rings. The van der Waals surface area contributed by atoms with Gasteiger partial charge < -0.3 is 4.90 Å². The zero-order valence-electron chi connectivity index (χ0n) is 13.9. The van der Waals surface area contributed by atoms with Gasteiger partial charge in [0.2, 0.25) is 0 Å². The number of piperidine rings is 1. The van der Waals surface area contributed by atoms with Crippen LogP contribution in [0.4, 0.5) is 0 Å². The Balaban J connectivity index is 1.26. The monoisotopic (exact) mass is 352 g/mol. The van der Waals surface area contributed by atoms with Gasteiger partial charge in [-0.3, -0.25) is 9.89 Å². The van der Waals surface area contributed by atoms with Crippen molar-refractivity contribution in [1.29, 1.82) is 0 Å². The standard InChI is InChI=1S/C19H20N4OS/c24-19(16-11-15(21-22-16)12-5-6-12)23-9-7-13(8-10-23)18-20-14-3-1-2-4-17(14)25-18/h1-4,11-13H,5-10H2,(H,21,22). The number of nitrogens with one attached hydrogen (secondary N) is 1. The number of hydrogen-bond acceptors (Lipinski definition) is 4. The summed E-state index contributed by atoms with van der Waals surface area (Å²) < 4.78 is 1.25. The van der Waals surface area contributed by atoms with Gasteiger partial charge in [0.1, 0.15) is 5.69 Å². The van der Waals surface area contributed by atoms with E-state index in [-0.39, 0.29) is 5.91 Å². The molecule has 128 valence electrons. The van der Waals surface area contributed by atoms with E-state index in [4.69, 9.17) is 4.98 Å². The second kappa shape index (κ2) is 5.95. The van der Waals surface area contributed by atoms with Gasteiger partial charge in [-0.05, 0) is 43.9 Å². The highest BCUT2D eigenvalue weighted by atomic mass is 32.1. The van der Waals surface area contributed by atoms with Crippen molar-refractivity contribution in [3.05, 3.63) is 46.7 Å². The number of aromatic amines is 1. The molecule has 1 saturated heterocycles. The van der Waals surface area contributed by atoms with Crippen molar-refractivity contribution in [3.63, 3.8) is 0 Å². The molecule has 0 spiro atoms. The summed E-state index contributed by atoms with van der Waals surface area (Å²) in [5.41, 5.74) is 2.78. The number of thiazole rings is 1. The third-order valence-corrected chi connectivity index (χ3v) is 6.47. The third-order valence-electron chi connectivity index (χ3n) is 5.28. The Morgan fingerprint density at radius 1 is 1.12 bits per heavy atom. The number of H-pyrrole nitrogens is 1. The first-order chi connectivity index (χ1) is 12.3. The van der Waals surface area contributed by atoms with Crippen LogP contribution in [0.1, 0.15) is 58.7 Å². The number of aromatic nitrogens is 3. The molecule has 3 aromatic rings. The summed E-state index contributed by atoms with van der Waals surface area (Å²) in [6.45, 7) is 1.57. The number of rotatable bonds is 3. The van der Waals surface area contributed by atoms with Crippen molar-refractivity contribution in [2.45, 2.75) is 37.5 Å². The van der Waals surface area contributed by atoms with Gasteiger partial charge in [0.25, 0.3) is 5.91 Å². The van der Waals surface area contributed by atoms with E-state index in [1.807, 2.05) is 17.0 Å². The van der Waals surface area contributed by atoms with Gasteiger partial charge in [-0.15, -0.1) is 11.3 Å². The number of carbonyl (C=O) groups excluding carboxylic acids is 1. The summed E-state index contributed by atoms with van der Waals surface area (Å²) in [6.07, 6.45) is 4.38. The van der Waals surface area contributed by atoms with Crippen LogP contribution in [0, 0.1) is 0 Å². The van der Waals surface area contributed by atoms with Gasteiger partial charge in [0.05, 0.1) is 15.2 Å². The fraction of sp³-hybridized carbons (Fsp3) is 0.421. The molecule has 5 rings (SSSR count). The minimum Gasteiger partial charge on any atom is -0.337 e. The lowest BCUT2D eigenvalue weighted by molar-refractivity contribution is 0.0707. The normalized spacial score (nSPS) is 18.8. The molecule has 0 bridgehead atoms. The van der Waals surface area contributed by atoms with Crippen LogP contribution >= 0.6 is 11.3 Å². The second-order valence-electron chi connectivity index (χ2n) is 7.07. The van der Waals surface area contributed by atoms with Gasteiger partial charge in [-0.2, -0.15) is 5.10 Å². The Morgan fingerprint density at radius 3 is 2.68 bits per heavy atom. The van der Waals surface area contributed by atoms with Crippen molar-refractivity contribution >= 4 is 27.5 Å². The quantitative estimate of drug-likeness (QED) is 0.777.